The quantitative estimate of drug-likeness (QED) is 0.365. The van der Waals surface area contributed by atoms with Gasteiger partial charge in [-0.05, 0) is 52.0 Å². The topological polar surface area (TPSA) is 87.9 Å². The number of benzene rings is 2. The largest absolute Gasteiger partial charge is 0.490 e. The van der Waals surface area contributed by atoms with Crippen LogP contribution < -0.4 is 9.47 Å². The van der Waals surface area contributed by atoms with Crippen LogP contribution in [0.3, 0.4) is 0 Å². The number of rotatable bonds is 9. The van der Waals surface area contributed by atoms with Gasteiger partial charge in [0.05, 0.1) is 24.5 Å². The Labute approximate surface area is 181 Å². The van der Waals surface area contributed by atoms with E-state index in [9.17, 15) is 9.59 Å². The molecule has 0 saturated heterocycles. The molecule has 0 spiro atoms. The number of carbonyl (C=O) groups is 2. The fraction of sp³-hybridized carbons (Fsp3) is 0.292. The zero-order valence-electron chi connectivity index (χ0n) is 18.1. The Bertz CT molecular complexity index is 1070. The summed E-state index contributed by atoms with van der Waals surface area (Å²) in [7, 11) is 0. The van der Waals surface area contributed by atoms with Gasteiger partial charge in [0, 0.05) is 11.1 Å². The molecule has 7 heteroatoms. The van der Waals surface area contributed by atoms with Crippen molar-refractivity contribution in [3.05, 3.63) is 76.5 Å². The summed E-state index contributed by atoms with van der Waals surface area (Å²) in [4.78, 5) is 30.1. The van der Waals surface area contributed by atoms with E-state index in [0.717, 1.165) is 5.69 Å². The zero-order chi connectivity index (χ0) is 22.4. The minimum absolute atomic E-state index is 0.117. The van der Waals surface area contributed by atoms with Crippen LogP contribution in [0.1, 0.15) is 57.5 Å². The molecule has 0 radical (unpaired) electrons. The second-order valence-electron chi connectivity index (χ2n) is 6.73. The number of hydrogen-bond acceptors (Lipinski definition) is 7. The lowest BCUT2D eigenvalue weighted by Crippen LogP contribution is -2.13. The highest BCUT2D eigenvalue weighted by atomic mass is 16.5. The summed E-state index contributed by atoms with van der Waals surface area (Å²) >= 11 is 0. The monoisotopic (exact) mass is 423 g/mol. The predicted molar refractivity (Wildman–Crippen MR) is 114 cm³/mol. The van der Waals surface area contributed by atoms with Gasteiger partial charge in [-0.25, -0.2) is 9.78 Å². The number of aryl methyl sites for hydroxylation is 2. The normalized spacial score (nSPS) is 10.6. The fourth-order valence-electron chi connectivity index (χ4n) is 3.01. The fourth-order valence-corrected chi connectivity index (χ4v) is 3.01. The van der Waals surface area contributed by atoms with Gasteiger partial charge in [0.15, 0.2) is 23.9 Å². The van der Waals surface area contributed by atoms with Crippen molar-refractivity contribution >= 4 is 11.8 Å². The summed E-state index contributed by atoms with van der Waals surface area (Å²) < 4.78 is 21.9. The van der Waals surface area contributed by atoms with Gasteiger partial charge >= 0.3 is 5.97 Å². The van der Waals surface area contributed by atoms with Crippen molar-refractivity contribution in [3.63, 3.8) is 0 Å². The predicted octanol–water partition coefficient (Wildman–Crippen LogP) is 4.68. The van der Waals surface area contributed by atoms with Crippen LogP contribution in [0.4, 0.5) is 0 Å². The van der Waals surface area contributed by atoms with E-state index in [1.807, 2.05) is 20.8 Å². The lowest BCUT2D eigenvalue weighted by atomic mass is 9.98. The minimum atomic E-state index is -0.631. The number of oxazole rings is 1. The van der Waals surface area contributed by atoms with Crippen molar-refractivity contribution in [1.82, 2.24) is 4.98 Å². The van der Waals surface area contributed by atoms with Crippen LogP contribution in [0.15, 0.2) is 46.9 Å². The Morgan fingerprint density at radius 1 is 0.935 bits per heavy atom. The van der Waals surface area contributed by atoms with E-state index >= 15 is 0 Å². The molecule has 0 aliphatic heterocycles. The first-order valence-corrected chi connectivity index (χ1v) is 10.1. The number of aromatic nitrogens is 1. The van der Waals surface area contributed by atoms with Gasteiger partial charge in [-0.15, -0.1) is 0 Å². The zero-order valence-corrected chi connectivity index (χ0v) is 18.1. The molecule has 1 heterocycles. The molecule has 3 aromatic rings. The summed E-state index contributed by atoms with van der Waals surface area (Å²) in [5, 5.41) is 0. The maximum Gasteiger partial charge on any atom is 0.339 e. The lowest BCUT2D eigenvalue weighted by molar-refractivity contribution is 0.0434. The van der Waals surface area contributed by atoms with Crippen LogP contribution in [-0.2, 0) is 11.3 Å². The second kappa shape index (κ2) is 9.93. The van der Waals surface area contributed by atoms with Crippen molar-refractivity contribution in [3.8, 4) is 11.5 Å². The van der Waals surface area contributed by atoms with Crippen LogP contribution in [0.2, 0.25) is 0 Å². The van der Waals surface area contributed by atoms with E-state index in [1.54, 1.807) is 49.4 Å². The van der Waals surface area contributed by atoms with Crippen LogP contribution in [0.5, 0.6) is 11.5 Å². The van der Waals surface area contributed by atoms with Crippen molar-refractivity contribution in [2.24, 2.45) is 0 Å². The SMILES string of the molecule is CCOc1ccc(C(=O)c2ccccc2C(=O)OCc2nc(C)c(C)o2)cc1OCC. The molecule has 0 saturated carbocycles. The molecular formula is C24H25NO6. The summed E-state index contributed by atoms with van der Waals surface area (Å²) in [6, 6.07) is 11.5. The van der Waals surface area contributed by atoms with Crippen molar-refractivity contribution in [2.75, 3.05) is 13.2 Å². The first-order chi connectivity index (χ1) is 14.9. The molecule has 7 nitrogen and oxygen atoms in total. The number of carbonyl (C=O) groups excluding carboxylic acids is 2. The standard InChI is InChI=1S/C24H25NO6/c1-5-28-20-12-11-17(13-21(20)29-6-2)23(26)18-9-7-8-10-19(18)24(27)30-14-22-25-15(3)16(4)31-22/h7-13H,5-6,14H2,1-4H3. The first-order valence-electron chi connectivity index (χ1n) is 10.1. The van der Waals surface area contributed by atoms with E-state index in [2.05, 4.69) is 4.98 Å². The smallest absolute Gasteiger partial charge is 0.339 e. The molecule has 0 bridgehead atoms. The maximum atomic E-state index is 13.2. The Morgan fingerprint density at radius 2 is 1.61 bits per heavy atom. The Morgan fingerprint density at radius 3 is 2.26 bits per heavy atom. The molecule has 0 unspecified atom stereocenters. The van der Waals surface area contributed by atoms with E-state index in [0.29, 0.717) is 41.9 Å². The summed E-state index contributed by atoms with van der Waals surface area (Å²) in [5.41, 5.74) is 1.52. The van der Waals surface area contributed by atoms with Gasteiger partial charge < -0.3 is 18.6 Å². The Hall–Kier alpha value is -3.61. The lowest BCUT2D eigenvalue weighted by Gasteiger charge is -2.13. The number of nitrogens with zero attached hydrogens (tertiary/aromatic N) is 1. The van der Waals surface area contributed by atoms with E-state index in [1.165, 1.54) is 0 Å². The number of esters is 1. The van der Waals surface area contributed by atoms with Gasteiger partial charge in [-0.2, -0.15) is 0 Å². The third-order valence-electron chi connectivity index (χ3n) is 4.60. The van der Waals surface area contributed by atoms with Gasteiger partial charge in [-0.3, -0.25) is 4.79 Å². The molecule has 2 aromatic carbocycles. The molecule has 0 aliphatic carbocycles. The molecule has 3 rings (SSSR count). The Kier molecular flexibility index (Phi) is 7.07. The van der Waals surface area contributed by atoms with Gasteiger partial charge in [0.25, 0.3) is 0 Å². The van der Waals surface area contributed by atoms with E-state index in [4.69, 9.17) is 18.6 Å². The first kappa shape index (κ1) is 22.1. The average Bonchev–Trinajstić information content (AvgIpc) is 3.10. The summed E-state index contributed by atoms with van der Waals surface area (Å²) in [6.45, 7) is 8.12. The Balaban J connectivity index is 1.84. The summed E-state index contributed by atoms with van der Waals surface area (Å²) in [6.07, 6.45) is 0. The molecule has 162 valence electrons. The van der Waals surface area contributed by atoms with E-state index in [-0.39, 0.29) is 23.5 Å². The van der Waals surface area contributed by atoms with Crippen molar-refractivity contribution < 1.29 is 28.2 Å². The molecule has 0 atom stereocenters. The maximum absolute atomic E-state index is 13.2. The highest BCUT2D eigenvalue weighted by Crippen LogP contribution is 2.30. The molecule has 0 fully saturated rings. The van der Waals surface area contributed by atoms with Crippen molar-refractivity contribution in [2.45, 2.75) is 34.3 Å². The second-order valence-corrected chi connectivity index (χ2v) is 6.73. The van der Waals surface area contributed by atoms with Crippen LogP contribution in [0.25, 0.3) is 0 Å². The molecule has 0 amide bonds. The number of hydrogen-bond donors (Lipinski definition) is 0. The molecule has 31 heavy (non-hydrogen) atoms. The third kappa shape index (κ3) is 5.12. The molecule has 0 aliphatic rings. The van der Waals surface area contributed by atoms with Crippen LogP contribution >= 0.6 is 0 Å². The minimum Gasteiger partial charge on any atom is -0.490 e. The van der Waals surface area contributed by atoms with Gasteiger partial charge in [0.2, 0.25) is 5.89 Å². The van der Waals surface area contributed by atoms with Crippen LogP contribution in [-0.4, -0.2) is 30.0 Å². The average molecular weight is 423 g/mol. The summed E-state index contributed by atoms with van der Waals surface area (Å²) in [5.74, 6) is 1.06. The van der Waals surface area contributed by atoms with Crippen molar-refractivity contribution in [1.29, 1.82) is 0 Å². The highest BCUT2D eigenvalue weighted by Gasteiger charge is 2.21. The number of ether oxygens (including phenoxy) is 3. The van der Waals surface area contributed by atoms with Gasteiger partial charge in [-0.1, -0.05) is 18.2 Å². The third-order valence-corrected chi connectivity index (χ3v) is 4.60. The van der Waals surface area contributed by atoms with E-state index < -0.39 is 5.97 Å². The number of ketones is 1. The molecule has 1 aromatic heterocycles. The molecular weight excluding hydrogens is 398 g/mol. The van der Waals surface area contributed by atoms with Gasteiger partial charge in [0.1, 0.15) is 5.76 Å². The highest BCUT2D eigenvalue weighted by molar-refractivity contribution is 6.14. The van der Waals surface area contributed by atoms with Crippen LogP contribution in [0, 0.1) is 13.8 Å². The molecule has 0 N–H and O–H groups in total.